The van der Waals surface area contributed by atoms with Crippen molar-refractivity contribution >= 4 is 15.7 Å². The van der Waals surface area contributed by atoms with Crippen LogP contribution in [0.2, 0.25) is 0 Å². The Morgan fingerprint density at radius 3 is 2.14 bits per heavy atom. The van der Waals surface area contributed by atoms with Crippen molar-refractivity contribution in [2.24, 2.45) is 0 Å². The average molecular weight is 398 g/mol. The molecule has 0 saturated carbocycles. The first kappa shape index (κ1) is 20.1. The summed E-state index contributed by atoms with van der Waals surface area (Å²) in [6, 6.07) is 11.5. The summed E-state index contributed by atoms with van der Waals surface area (Å²) in [5.74, 6) is 0. The van der Waals surface area contributed by atoms with Gasteiger partial charge in [0.05, 0.1) is 17.1 Å². The Kier molecular flexibility index (Phi) is 5.35. The van der Waals surface area contributed by atoms with Gasteiger partial charge in [0.15, 0.2) is 0 Å². The van der Waals surface area contributed by atoms with Gasteiger partial charge in [-0.05, 0) is 87.6 Å². The third kappa shape index (κ3) is 3.97. The van der Waals surface area contributed by atoms with E-state index < -0.39 is 10.0 Å². The summed E-state index contributed by atoms with van der Waals surface area (Å²) < 4.78 is 31.0. The van der Waals surface area contributed by atoms with Crippen LogP contribution in [0, 0.1) is 41.5 Å². The van der Waals surface area contributed by atoms with Crippen molar-refractivity contribution < 1.29 is 8.42 Å². The second kappa shape index (κ2) is 7.43. The Bertz CT molecular complexity index is 1120. The molecule has 1 aromatic heterocycles. The van der Waals surface area contributed by atoms with Crippen molar-refractivity contribution in [1.82, 2.24) is 9.78 Å². The summed E-state index contributed by atoms with van der Waals surface area (Å²) in [5, 5.41) is 4.48. The maximum absolute atomic E-state index is 13.1. The Balaban J connectivity index is 1.93. The van der Waals surface area contributed by atoms with Crippen LogP contribution in [0.15, 0.2) is 41.3 Å². The van der Waals surface area contributed by atoms with Crippen LogP contribution in [0.3, 0.4) is 0 Å². The molecule has 0 aliphatic heterocycles. The first-order valence-corrected chi connectivity index (χ1v) is 10.8. The van der Waals surface area contributed by atoms with Crippen molar-refractivity contribution in [3.05, 3.63) is 75.6 Å². The summed E-state index contributed by atoms with van der Waals surface area (Å²) in [6.07, 6.45) is 0. The van der Waals surface area contributed by atoms with Crippen molar-refractivity contribution in [3.8, 4) is 0 Å². The number of anilines is 1. The van der Waals surface area contributed by atoms with Crippen LogP contribution in [-0.4, -0.2) is 18.2 Å². The number of sulfonamides is 1. The van der Waals surface area contributed by atoms with Crippen LogP contribution in [0.1, 0.15) is 39.2 Å². The van der Waals surface area contributed by atoms with Gasteiger partial charge in [-0.1, -0.05) is 18.2 Å². The molecule has 0 fully saturated rings. The predicted molar refractivity (Wildman–Crippen MR) is 113 cm³/mol. The molecule has 5 nitrogen and oxygen atoms in total. The Hall–Kier alpha value is -2.60. The van der Waals surface area contributed by atoms with E-state index >= 15 is 0 Å². The molecule has 6 heteroatoms. The van der Waals surface area contributed by atoms with Crippen molar-refractivity contribution in [2.75, 3.05) is 4.72 Å². The number of aryl methyl sites for hydroxylation is 4. The maximum atomic E-state index is 13.1. The SMILES string of the molecule is Cc1cc(C)n(Cc2cccc(NS(=O)(=O)c3c(C)c(C)cc(C)c3C)c2)n1. The lowest BCUT2D eigenvalue weighted by atomic mass is 10.0. The van der Waals surface area contributed by atoms with E-state index in [4.69, 9.17) is 0 Å². The normalized spacial score (nSPS) is 11.6. The molecule has 2 aromatic carbocycles. The molecule has 0 amide bonds. The lowest BCUT2D eigenvalue weighted by Gasteiger charge is -2.17. The number of rotatable bonds is 5. The standard InChI is InChI=1S/C22H27N3O2S/c1-14-10-15(2)19(6)22(18(14)5)28(26,27)24-21-9-7-8-20(12-21)13-25-17(4)11-16(3)23-25/h7-12,24H,13H2,1-6H3. The van der Waals surface area contributed by atoms with Crippen LogP contribution in [0.25, 0.3) is 0 Å². The molecule has 148 valence electrons. The quantitative estimate of drug-likeness (QED) is 0.685. The molecule has 1 N–H and O–H groups in total. The molecular formula is C22H27N3O2S. The van der Waals surface area contributed by atoms with Crippen LogP contribution >= 0.6 is 0 Å². The smallest absolute Gasteiger partial charge is 0.262 e. The number of hydrogen-bond donors (Lipinski definition) is 1. The van der Waals surface area contributed by atoms with Gasteiger partial charge in [-0.25, -0.2) is 8.42 Å². The van der Waals surface area contributed by atoms with Gasteiger partial charge in [0.2, 0.25) is 0 Å². The zero-order valence-corrected chi connectivity index (χ0v) is 18.1. The molecule has 0 aliphatic carbocycles. The van der Waals surface area contributed by atoms with E-state index in [0.29, 0.717) is 17.1 Å². The van der Waals surface area contributed by atoms with E-state index in [1.807, 2.05) is 76.6 Å². The highest BCUT2D eigenvalue weighted by Gasteiger charge is 2.22. The van der Waals surface area contributed by atoms with Gasteiger partial charge in [0.1, 0.15) is 0 Å². The molecule has 28 heavy (non-hydrogen) atoms. The fourth-order valence-electron chi connectivity index (χ4n) is 3.53. The largest absolute Gasteiger partial charge is 0.280 e. The van der Waals surface area contributed by atoms with E-state index in [9.17, 15) is 8.42 Å². The molecule has 0 spiro atoms. The van der Waals surface area contributed by atoms with E-state index in [2.05, 4.69) is 9.82 Å². The molecular weight excluding hydrogens is 370 g/mol. The molecule has 0 radical (unpaired) electrons. The van der Waals surface area contributed by atoms with E-state index in [1.54, 1.807) is 6.07 Å². The van der Waals surface area contributed by atoms with Gasteiger partial charge in [-0.3, -0.25) is 9.40 Å². The minimum atomic E-state index is -3.69. The topological polar surface area (TPSA) is 64.0 Å². The fraction of sp³-hybridized carbons (Fsp3) is 0.318. The first-order chi connectivity index (χ1) is 13.1. The first-order valence-electron chi connectivity index (χ1n) is 9.28. The van der Waals surface area contributed by atoms with Gasteiger partial charge >= 0.3 is 0 Å². The second-order valence-corrected chi connectivity index (χ2v) is 9.10. The Labute approximate surface area is 167 Å². The number of nitrogens with one attached hydrogen (secondary N) is 1. The summed E-state index contributed by atoms with van der Waals surface area (Å²) in [7, 11) is -3.69. The van der Waals surface area contributed by atoms with Gasteiger partial charge in [0, 0.05) is 11.4 Å². The van der Waals surface area contributed by atoms with Crippen LogP contribution < -0.4 is 4.72 Å². The van der Waals surface area contributed by atoms with Gasteiger partial charge in [0.25, 0.3) is 10.0 Å². The number of benzene rings is 2. The van der Waals surface area contributed by atoms with E-state index in [1.165, 1.54) is 0 Å². The summed E-state index contributed by atoms with van der Waals surface area (Å²) in [4.78, 5) is 0.369. The monoisotopic (exact) mass is 397 g/mol. The molecule has 1 heterocycles. The van der Waals surface area contributed by atoms with Crippen molar-refractivity contribution in [1.29, 1.82) is 0 Å². The van der Waals surface area contributed by atoms with Gasteiger partial charge < -0.3 is 0 Å². The number of aromatic nitrogens is 2. The second-order valence-electron chi connectivity index (χ2n) is 7.48. The van der Waals surface area contributed by atoms with E-state index in [-0.39, 0.29) is 0 Å². The molecule has 0 unspecified atom stereocenters. The molecule has 3 aromatic rings. The van der Waals surface area contributed by atoms with Crippen LogP contribution in [0.4, 0.5) is 5.69 Å². The van der Waals surface area contributed by atoms with Gasteiger partial charge in [-0.2, -0.15) is 5.10 Å². The zero-order valence-electron chi connectivity index (χ0n) is 17.3. The highest BCUT2D eigenvalue weighted by atomic mass is 32.2. The summed E-state index contributed by atoms with van der Waals surface area (Å²) >= 11 is 0. The minimum absolute atomic E-state index is 0.369. The molecule has 3 rings (SSSR count). The fourth-order valence-corrected chi connectivity index (χ4v) is 5.20. The Morgan fingerprint density at radius 1 is 0.929 bits per heavy atom. The zero-order chi connectivity index (χ0) is 20.6. The molecule has 0 bridgehead atoms. The number of nitrogens with zero attached hydrogens (tertiary/aromatic N) is 2. The average Bonchev–Trinajstić information content (AvgIpc) is 2.90. The highest BCUT2D eigenvalue weighted by Crippen LogP contribution is 2.28. The Morgan fingerprint density at radius 2 is 1.57 bits per heavy atom. The third-order valence-electron chi connectivity index (χ3n) is 5.18. The lowest BCUT2D eigenvalue weighted by molar-refractivity contribution is 0.599. The lowest BCUT2D eigenvalue weighted by Crippen LogP contribution is -2.17. The third-order valence-corrected chi connectivity index (χ3v) is 6.84. The maximum Gasteiger partial charge on any atom is 0.262 e. The summed E-state index contributed by atoms with van der Waals surface area (Å²) in [6.45, 7) is 12.2. The van der Waals surface area contributed by atoms with Crippen LogP contribution in [0.5, 0.6) is 0 Å². The summed E-state index contributed by atoms with van der Waals surface area (Å²) in [5.41, 5.74) is 7.10. The predicted octanol–water partition coefficient (Wildman–Crippen LogP) is 4.58. The number of hydrogen-bond acceptors (Lipinski definition) is 3. The highest BCUT2D eigenvalue weighted by molar-refractivity contribution is 7.92. The van der Waals surface area contributed by atoms with Gasteiger partial charge in [-0.15, -0.1) is 0 Å². The van der Waals surface area contributed by atoms with Crippen LogP contribution in [-0.2, 0) is 16.6 Å². The van der Waals surface area contributed by atoms with Crippen molar-refractivity contribution in [2.45, 2.75) is 53.0 Å². The minimum Gasteiger partial charge on any atom is -0.280 e. The molecule has 0 atom stereocenters. The molecule has 0 aliphatic rings. The van der Waals surface area contributed by atoms with E-state index in [0.717, 1.165) is 39.2 Å². The molecule has 0 saturated heterocycles. The van der Waals surface area contributed by atoms with Crippen molar-refractivity contribution in [3.63, 3.8) is 0 Å².